The van der Waals surface area contributed by atoms with E-state index in [4.69, 9.17) is 4.42 Å². The highest BCUT2D eigenvalue weighted by atomic mass is 16.3. The van der Waals surface area contributed by atoms with Crippen molar-refractivity contribution in [1.82, 2.24) is 10.2 Å². The predicted octanol–water partition coefficient (Wildman–Crippen LogP) is 2.58. The van der Waals surface area contributed by atoms with Crippen LogP contribution in [0.4, 0.5) is 0 Å². The molecule has 1 aromatic heterocycles. The van der Waals surface area contributed by atoms with Gasteiger partial charge in [0.2, 0.25) is 5.91 Å². The van der Waals surface area contributed by atoms with Crippen LogP contribution in [0, 0.1) is 5.92 Å². The Hall–Kier alpha value is -1.29. The molecule has 1 N–H and O–H groups in total. The highest BCUT2D eigenvalue weighted by Crippen LogP contribution is 2.27. The van der Waals surface area contributed by atoms with Gasteiger partial charge in [-0.3, -0.25) is 9.69 Å². The molecule has 1 aliphatic carbocycles. The molecule has 19 heavy (non-hydrogen) atoms. The third-order valence-corrected chi connectivity index (χ3v) is 3.36. The SMILES string of the molecule is CC(C)CN(CC(=O)N[C@@H](C)c1ccco1)C1CC1. The number of hydrogen-bond donors (Lipinski definition) is 1. The zero-order chi connectivity index (χ0) is 13.8. The minimum absolute atomic E-state index is 0.0670. The topological polar surface area (TPSA) is 45.5 Å². The number of rotatable bonds is 7. The number of nitrogens with zero attached hydrogens (tertiary/aromatic N) is 1. The van der Waals surface area contributed by atoms with E-state index >= 15 is 0 Å². The van der Waals surface area contributed by atoms with E-state index in [9.17, 15) is 4.79 Å². The predicted molar refractivity (Wildman–Crippen MR) is 74.7 cm³/mol. The Morgan fingerprint density at radius 3 is 2.74 bits per heavy atom. The summed E-state index contributed by atoms with van der Waals surface area (Å²) in [4.78, 5) is 14.4. The molecular weight excluding hydrogens is 240 g/mol. The van der Waals surface area contributed by atoms with Gasteiger partial charge in [0.15, 0.2) is 0 Å². The van der Waals surface area contributed by atoms with Gasteiger partial charge in [-0.1, -0.05) is 13.8 Å². The minimum atomic E-state index is -0.0670. The molecule has 1 heterocycles. The van der Waals surface area contributed by atoms with Gasteiger partial charge < -0.3 is 9.73 Å². The number of furan rings is 1. The number of hydrogen-bond acceptors (Lipinski definition) is 3. The Labute approximate surface area is 115 Å². The van der Waals surface area contributed by atoms with Crippen LogP contribution < -0.4 is 5.32 Å². The van der Waals surface area contributed by atoms with Crippen LogP contribution in [0.1, 0.15) is 45.4 Å². The van der Waals surface area contributed by atoms with Crippen LogP contribution in [-0.2, 0) is 4.79 Å². The maximum atomic E-state index is 12.1. The summed E-state index contributed by atoms with van der Waals surface area (Å²) < 4.78 is 5.30. The second kappa shape index (κ2) is 6.24. The zero-order valence-electron chi connectivity index (χ0n) is 12.1. The van der Waals surface area contributed by atoms with E-state index in [-0.39, 0.29) is 11.9 Å². The molecule has 0 aromatic carbocycles. The Kier molecular flexibility index (Phi) is 4.64. The lowest BCUT2D eigenvalue weighted by Gasteiger charge is -2.24. The first-order valence-electron chi connectivity index (χ1n) is 7.13. The Morgan fingerprint density at radius 1 is 1.47 bits per heavy atom. The molecule has 1 aliphatic rings. The van der Waals surface area contributed by atoms with Crippen molar-refractivity contribution in [3.8, 4) is 0 Å². The average molecular weight is 264 g/mol. The van der Waals surface area contributed by atoms with Gasteiger partial charge in [0.25, 0.3) is 0 Å². The summed E-state index contributed by atoms with van der Waals surface area (Å²) in [7, 11) is 0. The van der Waals surface area contributed by atoms with E-state index in [1.54, 1.807) is 6.26 Å². The second-order valence-electron chi connectivity index (χ2n) is 5.86. The molecule has 1 fully saturated rings. The van der Waals surface area contributed by atoms with Crippen LogP contribution >= 0.6 is 0 Å². The van der Waals surface area contributed by atoms with Crippen LogP contribution in [0.25, 0.3) is 0 Å². The van der Waals surface area contributed by atoms with Crippen molar-refractivity contribution < 1.29 is 9.21 Å². The molecule has 106 valence electrons. The number of nitrogens with one attached hydrogen (secondary N) is 1. The van der Waals surface area contributed by atoms with Gasteiger partial charge in [-0.25, -0.2) is 0 Å². The van der Waals surface area contributed by atoms with Gasteiger partial charge in [0.1, 0.15) is 5.76 Å². The van der Waals surface area contributed by atoms with E-state index < -0.39 is 0 Å². The summed E-state index contributed by atoms with van der Waals surface area (Å²) in [5.74, 6) is 1.47. The quantitative estimate of drug-likeness (QED) is 0.823. The largest absolute Gasteiger partial charge is 0.467 e. The normalized spacial score (nSPS) is 16.9. The molecule has 4 heteroatoms. The van der Waals surface area contributed by atoms with Gasteiger partial charge in [-0.05, 0) is 37.8 Å². The molecule has 1 amide bonds. The van der Waals surface area contributed by atoms with Gasteiger partial charge in [-0.2, -0.15) is 0 Å². The van der Waals surface area contributed by atoms with Crippen molar-refractivity contribution >= 4 is 5.91 Å². The van der Waals surface area contributed by atoms with Gasteiger partial charge in [0.05, 0.1) is 18.8 Å². The fraction of sp³-hybridized carbons (Fsp3) is 0.667. The van der Waals surface area contributed by atoms with E-state index in [0.717, 1.165) is 12.3 Å². The summed E-state index contributed by atoms with van der Waals surface area (Å²) in [5.41, 5.74) is 0. The lowest BCUT2D eigenvalue weighted by atomic mass is 10.2. The number of carbonyl (C=O) groups excluding carboxylic acids is 1. The maximum absolute atomic E-state index is 12.1. The molecule has 0 bridgehead atoms. The Morgan fingerprint density at radius 2 is 2.21 bits per heavy atom. The molecular formula is C15H24N2O2. The van der Waals surface area contributed by atoms with E-state index in [1.807, 2.05) is 19.1 Å². The van der Waals surface area contributed by atoms with Gasteiger partial charge in [-0.15, -0.1) is 0 Å². The molecule has 1 atom stereocenters. The van der Waals surface area contributed by atoms with Crippen molar-refractivity contribution in [2.24, 2.45) is 5.92 Å². The molecule has 2 rings (SSSR count). The summed E-state index contributed by atoms with van der Waals surface area (Å²) >= 11 is 0. The highest BCUT2D eigenvalue weighted by Gasteiger charge is 2.30. The summed E-state index contributed by atoms with van der Waals surface area (Å²) in [6.45, 7) is 7.82. The van der Waals surface area contributed by atoms with E-state index in [0.29, 0.717) is 18.5 Å². The van der Waals surface area contributed by atoms with Crippen LogP contribution in [0.2, 0.25) is 0 Å². The summed E-state index contributed by atoms with van der Waals surface area (Å²) in [6, 6.07) is 4.28. The first-order valence-corrected chi connectivity index (χ1v) is 7.13. The Bertz CT molecular complexity index is 396. The summed E-state index contributed by atoms with van der Waals surface area (Å²) in [5, 5.41) is 2.99. The molecule has 0 aliphatic heterocycles. The molecule has 0 saturated heterocycles. The molecule has 0 radical (unpaired) electrons. The fourth-order valence-electron chi connectivity index (χ4n) is 2.33. The fourth-order valence-corrected chi connectivity index (χ4v) is 2.33. The van der Waals surface area contributed by atoms with Crippen molar-refractivity contribution in [3.05, 3.63) is 24.2 Å². The monoisotopic (exact) mass is 264 g/mol. The van der Waals surface area contributed by atoms with Crippen LogP contribution in [-0.4, -0.2) is 29.9 Å². The molecule has 0 unspecified atom stereocenters. The summed E-state index contributed by atoms with van der Waals surface area (Å²) in [6.07, 6.45) is 4.09. The first-order chi connectivity index (χ1) is 9.06. The van der Waals surface area contributed by atoms with Crippen molar-refractivity contribution in [3.63, 3.8) is 0 Å². The van der Waals surface area contributed by atoms with E-state index in [2.05, 4.69) is 24.1 Å². The van der Waals surface area contributed by atoms with Crippen molar-refractivity contribution in [1.29, 1.82) is 0 Å². The number of carbonyl (C=O) groups is 1. The second-order valence-corrected chi connectivity index (χ2v) is 5.86. The van der Waals surface area contributed by atoms with Gasteiger partial charge in [0, 0.05) is 12.6 Å². The van der Waals surface area contributed by atoms with Crippen LogP contribution in [0.3, 0.4) is 0 Å². The zero-order valence-corrected chi connectivity index (χ0v) is 12.1. The van der Waals surface area contributed by atoms with Crippen molar-refractivity contribution in [2.75, 3.05) is 13.1 Å². The highest BCUT2D eigenvalue weighted by molar-refractivity contribution is 5.78. The third kappa shape index (κ3) is 4.39. The smallest absolute Gasteiger partial charge is 0.234 e. The molecule has 4 nitrogen and oxygen atoms in total. The maximum Gasteiger partial charge on any atom is 0.234 e. The van der Waals surface area contributed by atoms with Crippen LogP contribution in [0.15, 0.2) is 22.8 Å². The lowest BCUT2D eigenvalue weighted by Crippen LogP contribution is -2.40. The first kappa shape index (κ1) is 14.1. The van der Waals surface area contributed by atoms with Crippen LogP contribution in [0.5, 0.6) is 0 Å². The molecule has 0 spiro atoms. The van der Waals surface area contributed by atoms with Crippen molar-refractivity contribution in [2.45, 2.75) is 45.7 Å². The van der Waals surface area contributed by atoms with Gasteiger partial charge >= 0.3 is 0 Å². The average Bonchev–Trinajstić information content (AvgIpc) is 3.02. The standard InChI is InChI=1S/C15H24N2O2/c1-11(2)9-17(13-6-7-13)10-15(18)16-12(3)14-5-4-8-19-14/h4-5,8,11-13H,6-7,9-10H2,1-3H3,(H,16,18)/t12-/m0/s1. The number of amides is 1. The molecule has 1 aromatic rings. The third-order valence-electron chi connectivity index (χ3n) is 3.36. The lowest BCUT2D eigenvalue weighted by molar-refractivity contribution is -0.123. The van der Waals surface area contributed by atoms with E-state index in [1.165, 1.54) is 12.8 Å². The minimum Gasteiger partial charge on any atom is -0.467 e. The molecule has 1 saturated carbocycles. The Balaban J connectivity index is 1.82.